The summed E-state index contributed by atoms with van der Waals surface area (Å²) in [7, 11) is 0. The van der Waals surface area contributed by atoms with Crippen LogP contribution in [0.5, 0.6) is 0 Å². The van der Waals surface area contributed by atoms with Crippen molar-refractivity contribution in [1.82, 2.24) is 4.98 Å². The molecule has 0 spiro atoms. The third-order valence-corrected chi connectivity index (χ3v) is 4.44. The lowest BCUT2D eigenvalue weighted by Gasteiger charge is -2.25. The lowest BCUT2D eigenvalue weighted by atomic mass is 9.96. The van der Waals surface area contributed by atoms with E-state index in [1.807, 2.05) is 19.9 Å². The average Bonchev–Trinajstić information content (AvgIpc) is 2.63. The topological polar surface area (TPSA) is 66.0 Å². The van der Waals surface area contributed by atoms with Crippen LogP contribution in [0.25, 0.3) is 0 Å². The van der Waals surface area contributed by atoms with E-state index in [1.165, 1.54) is 32.1 Å². The number of aryl methyl sites for hydroxylation is 2. The zero-order chi connectivity index (χ0) is 15.4. The lowest BCUT2D eigenvalue weighted by molar-refractivity contribution is 0.435. The van der Waals surface area contributed by atoms with Crippen LogP contribution in [0.4, 0.5) is 5.82 Å². The molecule has 21 heavy (non-hydrogen) atoms. The molecule has 2 rings (SSSR count). The van der Waals surface area contributed by atoms with Gasteiger partial charge in [-0.15, -0.1) is 0 Å². The Morgan fingerprint density at radius 2 is 2.14 bits per heavy atom. The predicted octanol–water partition coefficient (Wildman–Crippen LogP) is 3.39. The summed E-state index contributed by atoms with van der Waals surface area (Å²) in [4.78, 5) is 7.04. The molecule has 0 aromatic carbocycles. The van der Waals surface area contributed by atoms with Gasteiger partial charge in [-0.2, -0.15) is 0 Å². The van der Waals surface area contributed by atoms with Crippen LogP contribution in [0.1, 0.15) is 55.8 Å². The zero-order valence-corrected chi connectivity index (χ0v) is 13.6. The number of nitrogen functional groups attached to an aromatic ring is 1. The van der Waals surface area contributed by atoms with Gasteiger partial charge in [0, 0.05) is 18.8 Å². The third kappa shape index (κ3) is 3.74. The van der Waals surface area contributed by atoms with E-state index in [0.29, 0.717) is 0 Å². The molecule has 1 unspecified atom stereocenters. The van der Waals surface area contributed by atoms with Crippen LogP contribution in [-0.2, 0) is 0 Å². The summed E-state index contributed by atoms with van der Waals surface area (Å²) in [6.45, 7) is 8.35. The van der Waals surface area contributed by atoms with E-state index in [-0.39, 0.29) is 5.84 Å². The zero-order valence-electron chi connectivity index (χ0n) is 13.6. The molecule has 1 aromatic heterocycles. The van der Waals surface area contributed by atoms with Crippen molar-refractivity contribution < 1.29 is 0 Å². The van der Waals surface area contributed by atoms with Crippen molar-refractivity contribution in [3.05, 3.63) is 22.9 Å². The third-order valence-electron chi connectivity index (χ3n) is 4.44. The highest BCUT2D eigenvalue weighted by Gasteiger charge is 2.21. The maximum atomic E-state index is 7.88. The van der Waals surface area contributed by atoms with E-state index in [4.69, 9.17) is 16.1 Å². The van der Waals surface area contributed by atoms with E-state index in [1.54, 1.807) is 0 Å². The Bertz CT molecular complexity index is 510. The standard InChI is InChI=1S/C17H28N4/c1-4-6-14-7-5-9-21(10-8-14)17-15(16(18)19)12(2)11-13(3)20-17/h11,14H,4-10H2,1-3H3,(H3,18,19). The molecule has 0 amide bonds. The summed E-state index contributed by atoms with van der Waals surface area (Å²) in [6.07, 6.45) is 6.33. The molecule has 116 valence electrons. The Hall–Kier alpha value is -1.58. The number of hydrogen-bond donors (Lipinski definition) is 2. The Kier molecular flexibility index (Phi) is 5.21. The molecule has 0 bridgehead atoms. The van der Waals surface area contributed by atoms with Gasteiger partial charge in [0.25, 0.3) is 0 Å². The van der Waals surface area contributed by atoms with Gasteiger partial charge in [-0.3, -0.25) is 5.41 Å². The van der Waals surface area contributed by atoms with Crippen molar-refractivity contribution in [2.45, 2.75) is 52.9 Å². The highest BCUT2D eigenvalue weighted by atomic mass is 15.2. The van der Waals surface area contributed by atoms with Gasteiger partial charge in [-0.1, -0.05) is 19.8 Å². The van der Waals surface area contributed by atoms with Gasteiger partial charge in [0.2, 0.25) is 0 Å². The summed E-state index contributed by atoms with van der Waals surface area (Å²) >= 11 is 0. The Morgan fingerprint density at radius 3 is 2.81 bits per heavy atom. The number of nitrogens with zero attached hydrogens (tertiary/aromatic N) is 2. The summed E-state index contributed by atoms with van der Waals surface area (Å²) < 4.78 is 0. The number of amidine groups is 1. The lowest BCUT2D eigenvalue weighted by Crippen LogP contribution is -2.29. The minimum Gasteiger partial charge on any atom is -0.384 e. The molecule has 1 fully saturated rings. The number of aromatic nitrogens is 1. The van der Waals surface area contributed by atoms with Crippen molar-refractivity contribution in [1.29, 1.82) is 5.41 Å². The van der Waals surface area contributed by atoms with Crippen LogP contribution in [0.2, 0.25) is 0 Å². The van der Waals surface area contributed by atoms with Crippen molar-refractivity contribution in [3.8, 4) is 0 Å². The monoisotopic (exact) mass is 288 g/mol. The molecular weight excluding hydrogens is 260 g/mol. The van der Waals surface area contributed by atoms with E-state index >= 15 is 0 Å². The summed E-state index contributed by atoms with van der Waals surface area (Å²) in [5.41, 5.74) is 8.67. The molecule has 4 heteroatoms. The average molecular weight is 288 g/mol. The molecule has 1 aliphatic rings. The molecule has 1 saturated heterocycles. The predicted molar refractivity (Wildman–Crippen MR) is 89.2 cm³/mol. The van der Waals surface area contributed by atoms with Gasteiger partial charge >= 0.3 is 0 Å². The van der Waals surface area contributed by atoms with Crippen molar-refractivity contribution in [3.63, 3.8) is 0 Å². The molecular formula is C17H28N4. The van der Waals surface area contributed by atoms with E-state index in [9.17, 15) is 0 Å². The first-order valence-corrected chi connectivity index (χ1v) is 8.10. The van der Waals surface area contributed by atoms with Crippen LogP contribution in [0.3, 0.4) is 0 Å². The fourth-order valence-electron chi connectivity index (χ4n) is 3.45. The molecule has 4 nitrogen and oxygen atoms in total. The second-order valence-electron chi connectivity index (χ2n) is 6.27. The van der Waals surface area contributed by atoms with E-state index in [0.717, 1.165) is 41.6 Å². The highest BCUT2D eigenvalue weighted by molar-refractivity contribution is 6.01. The normalized spacial score (nSPS) is 19.4. The minimum atomic E-state index is 0.129. The van der Waals surface area contributed by atoms with Crippen molar-refractivity contribution in [2.24, 2.45) is 11.7 Å². The number of pyridine rings is 1. The molecule has 1 aromatic rings. The van der Waals surface area contributed by atoms with Crippen LogP contribution in [0.15, 0.2) is 6.07 Å². The van der Waals surface area contributed by atoms with Gasteiger partial charge in [-0.05, 0) is 50.7 Å². The summed E-state index contributed by atoms with van der Waals surface area (Å²) in [6, 6.07) is 2.01. The van der Waals surface area contributed by atoms with Crippen molar-refractivity contribution >= 4 is 11.7 Å². The van der Waals surface area contributed by atoms with E-state index < -0.39 is 0 Å². The largest absolute Gasteiger partial charge is 0.384 e. The fourth-order valence-corrected chi connectivity index (χ4v) is 3.45. The Labute approximate surface area is 128 Å². The van der Waals surface area contributed by atoms with Crippen LogP contribution < -0.4 is 10.6 Å². The maximum Gasteiger partial charge on any atom is 0.140 e. The van der Waals surface area contributed by atoms with Gasteiger partial charge in [-0.25, -0.2) is 4.98 Å². The molecule has 0 saturated carbocycles. The van der Waals surface area contributed by atoms with Crippen LogP contribution >= 0.6 is 0 Å². The summed E-state index contributed by atoms with van der Waals surface area (Å²) in [5, 5.41) is 7.88. The first-order valence-electron chi connectivity index (χ1n) is 8.10. The van der Waals surface area contributed by atoms with Crippen LogP contribution in [0, 0.1) is 25.2 Å². The molecule has 0 aliphatic carbocycles. The minimum absolute atomic E-state index is 0.129. The maximum absolute atomic E-state index is 7.88. The van der Waals surface area contributed by atoms with Gasteiger partial charge in [0.15, 0.2) is 0 Å². The SMILES string of the molecule is CCCC1CCCN(c2nc(C)cc(C)c2C(=N)N)CC1. The molecule has 0 radical (unpaired) electrons. The number of anilines is 1. The second-order valence-corrected chi connectivity index (χ2v) is 6.27. The number of nitrogens with one attached hydrogen (secondary N) is 1. The second kappa shape index (κ2) is 6.92. The number of hydrogen-bond acceptors (Lipinski definition) is 3. The smallest absolute Gasteiger partial charge is 0.140 e. The van der Waals surface area contributed by atoms with Crippen molar-refractivity contribution in [2.75, 3.05) is 18.0 Å². The van der Waals surface area contributed by atoms with E-state index in [2.05, 4.69) is 11.8 Å². The Balaban J connectivity index is 2.27. The van der Waals surface area contributed by atoms with Crippen LogP contribution in [-0.4, -0.2) is 23.9 Å². The molecule has 3 N–H and O–H groups in total. The quantitative estimate of drug-likeness (QED) is 0.659. The molecule has 1 aliphatic heterocycles. The summed E-state index contributed by atoms with van der Waals surface area (Å²) in [5.74, 6) is 1.88. The van der Waals surface area contributed by atoms with Gasteiger partial charge < -0.3 is 10.6 Å². The number of nitrogens with two attached hydrogens (primary N) is 1. The first kappa shape index (κ1) is 15.8. The number of rotatable bonds is 4. The first-order chi connectivity index (χ1) is 10.0. The Morgan fingerprint density at radius 1 is 1.38 bits per heavy atom. The highest BCUT2D eigenvalue weighted by Crippen LogP contribution is 2.28. The fraction of sp³-hybridized carbons (Fsp3) is 0.647. The molecule has 1 atom stereocenters. The molecule has 2 heterocycles. The van der Waals surface area contributed by atoms with Gasteiger partial charge in [0.05, 0.1) is 5.56 Å². The van der Waals surface area contributed by atoms with Gasteiger partial charge in [0.1, 0.15) is 11.7 Å².